The van der Waals surface area contributed by atoms with Crippen molar-refractivity contribution in [2.24, 2.45) is 10.8 Å². The normalized spacial score (nSPS) is 22.1. The molecule has 0 aromatic rings. The minimum atomic E-state index is -0.759. The molecule has 1 rings (SSSR count). The highest BCUT2D eigenvalue weighted by Crippen LogP contribution is 2.38. The van der Waals surface area contributed by atoms with Crippen LogP contribution >= 0.6 is 0 Å². The van der Waals surface area contributed by atoms with Gasteiger partial charge in [0.2, 0.25) is 6.29 Å². The molecule has 20 heavy (non-hydrogen) atoms. The molecule has 5 nitrogen and oxygen atoms in total. The van der Waals surface area contributed by atoms with Gasteiger partial charge in [0.05, 0.1) is 24.5 Å². The lowest BCUT2D eigenvalue weighted by atomic mass is 9.72. The minimum Gasteiger partial charge on any atom is -0.469 e. The van der Waals surface area contributed by atoms with E-state index in [-0.39, 0.29) is 11.9 Å². The van der Waals surface area contributed by atoms with Gasteiger partial charge in [-0.1, -0.05) is 6.92 Å². The number of hydrogen-bond acceptors (Lipinski definition) is 5. The van der Waals surface area contributed by atoms with Crippen molar-refractivity contribution < 1.29 is 23.8 Å². The molecular weight excluding hydrogens is 260 g/mol. The van der Waals surface area contributed by atoms with Gasteiger partial charge in [0.25, 0.3) is 0 Å². The van der Waals surface area contributed by atoms with Crippen LogP contribution in [0.15, 0.2) is 0 Å². The van der Waals surface area contributed by atoms with Crippen molar-refractivity contribution in [2.75, 3.05) is 13.7 Å². The zero-order chi connectivity index (χ0) is 15.4. The first-order valence-corrected chi connectivity index (χ1v) is 7.16. The molecule has 0 spiro atoms. The quantitative estimate of drug-likeness (QED) is 0.702. The van der Waals surface area contributed by atoms with Gasteiger partial charge in [0.1, 0.15) is 0 Å². The molecule has 2 unspecified atom stereocenters. The van der Waals surface area contributed by atoms with Crippen LogP contribution in [0.5, 0.6) is 0 Å². The van der Waals surface area contributed by atoms with Crippen LogP contribution in [0.25, 0.3) is 0 Å². The average molecular weight is 286 g/mol. The standard InChI is InChI=1S/C15H26O5/c1-6-15(4,13(17)18-5)10-14(2,3)12(16)20-11-8-7-9-19-11/h11H,6-10H2,1-5H3. The molecule has 0 aromatic carbocycles. The smallest absolute Gasteiger partial charge is 0.313 e. The number of esters is 2. The van der Waals surface area contributed by atoms with E-state index >= 15 is 0 Å². The molecule has 0 N–H and O–H groups in total. The van der Waals surface area contributed by atoms with Gasteiger partial charge in [-0.2, -0.15) is 0 Å². The van der Waals surface area contributed by atoms with Crippen LogP contribution in [0.1, 0.15) is 53.4 Å². The zero-order valence-electron chi connectivity index (χ0n) is 13.2. The van der Waals surface area contributed by atoms with Gasteiger partial charge in [0.15, 0.2) is 0 Å². The summed E-state index contributed by atoms with van der Waals surface area (Å²) in [5.41, 5.74) is -1.45. The van der Waals surface area contributed by atoms with E-state index in [0.29, 0.717) is 19.4 Å². The summed E-state index contributed by atoms with van der Waals surface area (Å²) in [6.07, 6.45) is 2.20. The second-order valence-corrected chi connectivity index (χ2v) is 6.31. The van der Waals surface area contributed by atoms with Crippen LogP contribution in [0.2, 0.25) is 0 Å². The number of carbonyl (C=O) groups excluding carboxylic acids is 2. The largest absolute Gasteiger partial charge is 0.469 e. The fraction of sp³-hybridized carbons (Fsp3) is 0.867. The van der Waals surface area contributed by atoms with E-state index in [0.717, 1.165) is 12.8 Å². The van der Waals surface area contributed by atoms with Crippen LogP contribution in [-0.4, -0.2) is 31.9 Å². The maximum Gasteiger partial charge on any atom is 0.313 e. The van der Waals surface area contributed by atoms with E-state index in [1.165, 1.54) is 7.11 Å². The first kappa shape index (κ1) is 17.0. The molecule has 1 aliphatic heterocycles. The lowest BCUT2D eigenvalue weighted by Crippen LogP contribution is -2.39. The summed E-state index contributed by atoms with van der Waals surface area (Å²) >= 11 is 0. The summed E-state index contributed by atoms with van der Waals surface area (Å²) in [5.74, 6) is -0.619. The number of hydrogen-bond donors (Lipinski definition) is 0. The Labute approximate surface area is 121 Å². The maximum atomic E-state index is 12.3. The van der Waals surface area contributed by atoms with Crippen LogP contribution in [0.3, 0.4) is 0 Å². The fourth-order valence-electron chi connectivity index (χ4n) is 2.56. The molecule has 1 aliphatic rings. The Morgan fingerprint density at radius 3 is 2.35 bits per heavy atom. The maximum absolute atomic E-state index is 12.3. The Balaban J connectivity index is 2.70. The molecule has 0 saturated carbocycles. The summed E-state index contributed by atoms with van der Waals surface area (Å²) < 4.78 is 15.5. The van der Waals surface area contributed by atoms with Crippen molar-refractivity contribution in [3.8, 4) is 0 Å². The first-order chi connectivity index (χ1) is 9.25. The predicted octanol–water partition coefficient (Wildman–Crippen LogP) is 2.67. The highest BCUT2D eigenvalue weighted by molar-refractivity contribution is 5.80. The Morgan fingerprint density at radius 2 is 1.90 bits per heavy atom. The summed E-state index contributed by atoms with van der Waals surface area (Å²) in [6.45, 7) is 7.95. The molecular formula is C15H26O5. The molecule has 1 heterocycles. The fourth-order valence-corrected chi connectivity index (χ4v) is 2.56. The van der Waals surface area contributed by atoms with E-state index in [2.05, 4.69) is 0 Å². The second kappa shape index (κ2) is 6.57. The van der Waals surface area contributed by atoms with Gasteiger partial charge in [-0.15, -0.1) is 0 Å². The topological polar surface area (TPSA) is 61.8 Å². The Morgan fingerprint density at radius 1 is 1.25 bits per heavy atom. The SMILES string of the molecule is CCC(C)(CC(C)(C)C(=O)OC1CCCO1)C(=O)OC. The Bertz CT molecular complexity index is 357. The van der Waals surface area contributed by atoms with Crippen molar-refractivity contribution in [3.63, 3.8) is 0 Å². The Kier molecular flexibility index (Phi) is 5.57. The number of methoxy groups -OCH3 is 1. The third-order valence-corrected chi connectivity index (χ3v) is 3.97. The molecule has 5 heteroatoms. The van der Waals surface area contributed by atoms with E-state index in [9.17, 15) is 9.59 Å². The number of ether oxygens (including phenoxy) is 3. The van der Waals surface area contributed by atoms with Crippen LogP contribution in [-0.2, 0) is 23.8 Å². The predicted molar refractivity (Wildman–Crippen MR) is 73.9 cm³/mol. The van der Waals surface area contributed by atoms with Crippen LogP contribution < -0.4 is 0 Å². The van der Waals surface area contributed by atoms with E-state index in [1.54, 1.807) is 13.8 Å². The van der Waals surface area contributed by atoms with Crippen molar-refractivity contribution in [1.82, 2.24) is 0 Å². The van der Waals surface area contributed by atoms with Gasteiger partial charge < -0.3 is 14.2 Å². The second-order valence-electron chi connectivity index (χ2n) is 6.31. The van der Waals surface area contributed by atoms with Crippen LogP contribution in [0, 0.1) is 10.8 Å². The molecule has 0 aliphatic carbocycles. The molecule has 0 radical (unpaired) electrons. The van der Waals surface area contributed by atoms with E-state index < -0.39 is 17.1 Å². The molecule has 2 atom stereocenters. The Hall–Kier alpha value is -1.10. The molecule has 1 fully saturated rings. The third-order valence-electron chi connectivity index (χ3n) is 3.97. The summed E-state index contributed by atoms with van der Waals surface area (Å²) in [4.78, 5) is 24.2. The highest BCUT2D eigenvalue weighted by atomic mass is 16.7. The highest BCUT2D eigenvalue weighted by Gasteiger charge is 2.43. The van der Waals surface area contributed by atoms with Gasteiger partial charge in [-0.05, 0) is 40.0 Å². The molecule has 0 bridgehead atoms. The van der Waals surface area contributed by atoms with Gasteiger partial charge in [-0.25, -0.2) is 0 Å². The van der Waals surface area contributed by atoms with Crippen molar-refractivity contribution >= 4 is 11.9 Å². The zero-order valence-corrected chi connectivity index (χ0v) is 13.2. The van der Waals surface area contributed by atoms with E-state index in [4.69, 9.17) is 14.2 Å². The number of rotatable bonds is 6. The third kappa shape index (κ3) is 3.95. The summed E-state index contributed by atoms with van der Waals surface area (Å²) in [5, 5.41) is 0. The van der Waals surface area contributed by atoms with E-state index in [1.807, 2.05) is 13.8 Å². The van der Waals surface area contributed by atoms with Gasteiger partial charge in [0, 0.05) is 6.42 Å². The molecule has 0 aromatic heterocycles. The lowest BCUT2D eigenvalue weighted by molar-refractivity contribution is -0.183. The summed E-state index contributed by atoms with van der Waals surface area (Å²) in [6, 6.07) is 0. The monoisotopic (exact) mass is 286 g/mol. The van der Waals surface area contributed by atoms with Crippen LogP contribution in [0.4, 0.5) is 0 Å². The average Bonchev–Trinajstić information content (AvgIpc) is 2.89. The van der Waals surface area contributed by atoms with Gasteiger partial charge in [-0.3, -0.25) is 9.59 Å². The minimum absolute atomic E-state index is 0.294. The molecule has 116 valence electrons. The summed E-state index contributed by atoms with van der Waals surface area (Å²) in [7, 11) is 1.37. The number of carbonyl (C=O) groups is 2. The van der Waals surface area contributed by atoms with Crippen molar-refractivity contribution in [1.29, 1.82) is 0 Å². The molecule has 0 amide bonds. The first-order valence-electron chi connectivity index (χ1n) is 7.16. The van der Waals surface area contributed by atoms with Crippen molar-refractivity contribution in [2.45, 2.75) is 59.7 Å². The van der Waals surface area contributed by atoms with Crippen molar-refractivity contribution in [3.05, 3.63) is 0 Å². The lowest BCUT2D eigenvalue weighted by Gasteiger charge is -2.33. The molecule has 1 saturated heterocycles. The van der Waals surface area contributed by atoms with Gasteiger partial charge >= 0.3 is 11.9 Å².